The summed E-state index contributed by atoms with van der Waals surface area (Å²) in [6.45, 7) is 2.60. The van der Waals surface area contributed by atoms with E-state index in [9.17, 15) is 9.59 Å². The quantitative estimate of drug-likeness (QED) is 0.874. The van der Waals surface area contributed by atoms with E-state index in [1.54, 1.807) is 6.20 Å². The van der Waals surface area contributed by atoms with Gasteiger partial charge >= 0.3 is 0 Å². The first-order valence-corrected chi connectivity index (χ1v) is 8.58. The van der Waals surface area contributed by atoms with Crippen molar-refractivity contribution in [2.75, 3.05) is 6.61 Å². The number of carbonyl (C=O) groups is 2. The fraction of sp³-hybridized carbons (Fsp3) is 0.278. The van der Waals surface area contributed by atoms with E-state index in [0.29, 0.717) is 13.0 Å². The zero-order valence-corrected chi connectivity index (χ0v) is 14.1. The van der Waals surface area contributed by atoms with Crippen molar-refractivity contribution in [1.29, 1.82) is 0 Å². The Morgan fingerprint density at radius 3 is 2.67 bits per heavy atom. The molecule has 124 valence electrons. The van der Waals surface area contributed by atoms with E-state index < -0.39 is 6.04 Å². The van der Waals surface area contributed by atoms with Gasteiger partial charge in [-0.3, -0.25) is 14.6 Å². The second-order valence-corrected chi connectivity index (χ2v) is 6.60. The average Bonchev–Trinajstić information content (AvgIpc) is 2.88. The molecule has 1 aliphatic heterocycles. The van der Waals surface area contributed by atoms with E-state index in [2.05, 4.69) is 10.3 Å². The van der Waals surface area contributed by atoms with Crippen LogP contribution in [0.4, 0.5) is 4.79 Å². The highest BCUT2D eigenvalue weighted by Gasteiger charge is 2.31. The van der Waals surface area contributed by atoms with Crippen LogP contribution in [0.5, 0.6) is 5.75 Å². The lowest BCUT2D eigenvalue weighted by atomic mass is 10.1. The van der Waals surface area contributed by atoms with Crippen molar-refractivity contribution in [3.8, 4) is 5.75 Å². The van der Waals surface area contributed by atoms with Gasteiger partial charge in [0, 0.05) is 36.5 Å². The summed E-state index contributed by atoms with van der Waals surface area (Å²) in [4.78, 5) is 27.1. The maximum absolute atomic E-state index is 11.6. The Labute approximate surface area is 144 Å². The van der Waals surface area contributed by atoms with Gasteiger partial charge in [-0.2, -0.15) is 0 Å². The molecule has 5 nitrogen and oxygen atoms in total. The number of pyridine rings is 1. The van der Waals surface area contributed by atoms with Crippen LogP contribution in [0.25, 0.3) is 0 Å². The van der Waals surface area contributed by atoms with E-state index in [1.165, 1.54) is 0 Å². The molecule has 0 spiro atoms. The number of nitrogens with zero attached hydrogens (tertiary/aromatic N) is 1. The lowest BCUT2D eigenvalue weighted by molar-refractivity contribution is -0.112. The number of thioether (sulfide) groups is 1. The minimum atomic E-state index is -0.429. The molecular formula is C18H18N2O3S. The minimum Gasteiger partial charge on any atom is -0.493 e. The number of ether oxygens (including phenoxy) is 1. The molecule has 1 amide bonds. The fourth-order valence-corrected chi connectivity index (χ4v) is 3.20. The van der Waals surface area contributed by atoms with Crippen molar-refractivity contribution in [3.63, 3.8) is 0 Å². The molecule has 0 saturated carbocycles. The first kappa shape index (κ1) is 16.5. The molecule has 1 aliphatic rings. The van der Waals surface area contributed by atoms with Crippen molar-refractivity contribution in [2.45, 2.75) is 25.8 Å². The highest BCUT2D eigenvalue weighted by Crippen LogP contribution is 2.20. The zero-order valence-electron chi connectivity index (χ0n) is 13.3. The van der Waals surface area contributed by atoms with Crippen LogP contribution in [0.15, 0.2) is 42.6 Å². The molecule has 3 rings (SSSR count). The second-order valence-electron chi connectivity index (χ2n) is 5.62. The number of carbonyl (C=O) groups excluding carboxylic acids is 2. The van der Waals surface area contributed by atoms with Crippen molar-refractivity contribution in [3.05, 3.63) is 59.4 Å². The molecule has 1 aromatic heterocycles. The maximum atomic E-state index is 11.6. The summed E-state index contributed by atoms with van der Waals surface area (Å²) >= 11 is 0.742. The third-order valence-corrected chi connectivity index (χ3v) is 4.65. The maximum Gasteiger partial charge on any atom is 0.287 e. The minimum absolute atomic E-state index is 0.119. The Kier molecular flexibility index (Phi) is 5.15. The predicted octanol–water partition coefficient (Wildman–Crippen LogP) is 2.91. The predicted molar refractivity (Wildman–Crippen MR) is 93.2 cm³/mol. The molecule has 0 radical (unpaired) electrons. The first-order chi connectivity index (χ1) is 11.6. The summed E-state index contributed by atoms with van der Waals surface area (Å²) in [5, 5.41) is 2.27. The second kappa shape index (κ2) is 7.49. The molecule has 1 N–H and O–H groups in total. The molecule has 1 fully saturated rings. The number of hydrogen-bond donors (Lipinski definition) is 1. The van der Waals surface area contributed by atoms with Gasteiger partial charge in [0.05, 0.1) is 6.61 Å². The van der Waals surface area contributed by atoms with Crippen LogP contribution in [0.3, 0.4) is 0 Å². The fourth-order valence-electron chi connectivity index (χ4n) is 2.53. The van der Waals surface area contributed by atoms with Crippen molar-refractivity contribution in [1.82, 2.24) is 10.3 Å². The molecule has 24 heavy (non-hydrogen) atoms. The van der Waals surface area contributed by atoms with E-state index in [1.807, 2.05) is 43.3 Å². The number of aryl methyl sites for hydroxylation is 1. The third-order valence-electron chi connectivity index (χ3n) is 3.86. The first-order valence-electron chi connectivity index (χ1n) is 7.76. The number of amides is 1. The molecule has 1 saturated heterocycles. The van der Waals surface area contributed by atoms with Crippen molar-refractivity contribution in [2.24, 2.45) is 0 Å². The molecule has 2 heterocycles. The Morgan fingerprint density at radius 2 is 2.00 bits per heavy atom. The highest BCUT2D eigenvalue weighted by atomic mass is 32.2. The summed E-state index contributed by atoms with van der Waals surface area (Å²) in [5.74, 6) is 0.781. The van der Waals surface area contributed by atoms with Gasteiger partial charge in [0.25, 0.3) is 5.24 Å². The van der Waals surface area contributed by atoms with Crippen LogP contribution < -0.4 is 10.1 Å². The smallest absolute Gasteiger partial charge is 0.287 e. The van der Waals surface area contributed by atoms with Crippen molar-refractivity contribution >= 4 is 22.1 Å². The van der Waals surface area contributed by atoms with Gasteiger partial charge in [-0.1, -0.05) is 18.2 Å². The zero-order chi connectivity index (χ0) is 16.9. The highest BCUT2D eigenvalue weighted by molar-refractivity contribution is 8.26. The Morgan fingerprint density at radius 1 is 1.21 bits per heavy atom. The van der Waals surface area contributed by atoms with Gasteiger partial charge in [0.15, 0.2) is 0 Å². The lowest BCUT2D eigenvalue weighted by Gasteiger charge is -2.10. The SMILES string of the molecule is Cc1cccnc1CCOc1ccc(CC2NC(=O)SC2=O)cc1. The molecular weight excluding hydrogens is 324 g/mol. The van der Waals surface area contributed by atoms with Crippen LogP contribution in [0, 0.1) is 6.92 Å². The monoisotopic (exact) mass is 342 g/mol. The normalized spacial score (nSPS) is 17.0. The topological polar surface area (TPSA) is 68.3 Å². The largest absolute Gasteiger partial charge is 0.493 e. The molecule has 6 heteroatoms. The molecule has 1 unspecified atom stereocenters. The number of rotatable bonds is 6. The Hall–Kier alpha value is -2.34. The number of hydrogen-bond acceptors (Lipinski definition) is 5. The standard InChI is InChI=1S/C18H18N2O3S/c1-12-3-2-9-19-15(12)8-10-23-14-6-4-13(5-7-14)11-16-17(21)24-18(22)20-16/h2-7,9,16H,8,10-11H2,1H3,(H,20,22). The molecule has 0 bridgehead atoms. The van der Waals surface area contributed by atoms with E-state index in [-0.39, 0.29) is 10.4 Å². The van der Waals surface area contributed by atoms with Gasteiger partial charge in [-0.05, 0) is 36.2 Å². The summed E-state index contributed by atoms with van der Waals surface area (Å²) in [6, 6.07) is 11.1. The lowest BCUT2D eigenvalue weighted by Crippen LogP contribution is -2.30. The summed E-state index contributed by atoms with van der Waals surface area (Å²) in [7, 11) is 0. The van der Waals surface area contributed by atoms with Gasteiger partial charge < -0.3 is 10.1 Å². The van der Waals surface area contributed by atoms with Gasteiger partial charge in [-0.15, -0.1) is 0 Å². The van der Waals surface area contributed by atoms with Crippen LogP contribution >= 0.6 is 11.8 Å². The molecule has 2 aromatic rings. The van der Waals surface area contributed by atoms with Gasteiger partial charge in [-0.25, -0.2) is 0 Å². The van der Waals surface area contributed by atoms with Crippen LogP contribution in [0.1, 0.15) is 16.8 Å². The number of benzene rings is 1. The van der Waals surface area contributed by atoms with Crippen LogP contribution in [0.2, 0.25) is 0 Å². The Bertz CT molecular complexity index is 746. The van der Waals surface area contributed by atoms with Crippen molar-refractivity contribution < 1.29 is 14.3 Å². The molecule has 1 atom stereocenters. The third kappa shape index (κ3) is 4.14. The van der Waals surface area contributed by atoms with Gasteiger partial charge in [0.2, 0.25) is 5.12 Å². The number of nitrogens with one attached hydrogen (secondary N) is 1. The average molecular weight is 342 g/mol. The van der Waals surface area contributed by atoms with E-state index in [0.717, 1.165) is 40.8 Å². The van der Waals surface area contributed by atoms with Gasteiger partial charge in [0.1, 0.15) is 11.8 Å². The van der Waals surface area contributed by atoms with E-state index in [4.69, 9.17) is 4.74 Å². The van der Waals surface area contributed by atoms with Crippen LogP contribution in [-0.2, 0) is 17.6 Å². The van der Waals surface area contributed by atoms with E-state index >= 15 is 0 Å². The number of aromatic nitrogens is 1. The summed E-state index contributed by atoms with van der Waals surface area (Å²) in [5.41, 5.74) is 3.20. The molecule has 0 aliphatic carbocycles. The van der Waals surface area contributed by atoms with Crippen LogP contribution in [-0.4, -0.2) is 28.0 Å². The Balaban J connectivity index is 1.50. The summed E-state index contributed by atoms with van der Waals surface area (Å²) in [6.07, 6.45) is 3.05. The molecule has 1 aromatic carbocycles. The summed E-state index contributed by atoms with van der Waals surface area (Å²) < 4.78 is 5.75.